The van der Waals surface area contributed by atoms with Gasteiger partial charge in [-0.2, -0.15) is 0 Å². The standard InChI is InChI=1S/C29H29ClN4O2/c1-29(24-11-5-9-22(16-24)23-10-6-12-25(30)17-23)27(36)34(28(31)32-29)19-21-13-14-33(18-21)26(35)15-20-7-3-2-4-8-20/h2-12,16-17,21H,13-15,18-19H2,1H3,(H2,31,32)/t21-,29?/m1/s1. The molecule has 2 fully saturated rings. The summed E-state index contributed by atoms with van der Waals surface area (Å²) in [4.78, 5) is 29.8. The number of nitrogens with zero attached hydrogens (tertiary/aromatic N) is 2. The maximum atomic E-state index is 13.6. The van der Waals surface area contributed by atoms with E-state index in [0.29, 0.717) is 31.1 Å². The van der Waals surface area contributed by atoms with Gasteiger partial charge in [-0.1, -0.05) is 72.3 Å². The predicted molar refractivity (Wildman–Crippen MR) is 142 cm³/mol. The van der Waals surface area contributed by atoms with E-state index in [1.54, 1.807) is 0 Å². The van der Waals surface area contributed by atoms with Crippen molar-refractivity contribution in [3.63, 3.8) is 0 Å². The highest BCUT2D eigenvalue weighted by atomic mass is 35.5. The molecule has 0 saturated carbocycles. The zero-order chi connectivity index (χ0) is 25.3. The van der Waals surface area contributed by atoms with Crippen LogP contribution in [0.3, 0.4) is 0 Å². The Hall–Kier alpha value is -3.64. The number of carbonyl (C=O) groups is 2. The van der Waals surface area contributed by atoms with Gasteiger partial charge in [-0.15, -0.1) is 0 Å². The fraction of sp³-hybridized carbons (Fsp3) is 0.276. The summed E-state index contributed by atoms with van der Waals surface area (Å²) in [5, 5.41) is 12.3. The molecular formula is C29H29ClN4O2. The minimum atomic E-state index is -1.03. The highest BCUT2D eigenvalue weighted by molar-refractivity contribution is 6.30. The van der Waals surface area contributed by atoms with Crippen molar-refractivity contribution in [2.24, 2.45) is 5.92 Å². The summed E-state index contributed by atoms with van der Waals surface area (Å²) in [6.45, 7) is 3.52. The topological polar surface area (TPSA) is 76.5 Å². The van der Waals surface area contributed by atoms with Gasteiger partial charge in [-0.25, -0.2) is 0 Å². The molecule has 6 nitrogen and oxygen atoms in total. The summed E-state index contributed by atoms with van der Waals surface area (Å²) in [7, 11) is 0. The average molecular weight is 501 g/mol. The van der Waals surface area contributed by atoms with Gasteiger partial charge in [0.05, 0.1) is 6.42 Å². The number of carbonyl (C=O) groups excluding carboxylic acids is 2. The Labute approximate surface area is 216 Å². The van der Waals surface area contributed by atoms with Crippen LogP contribution in [0.1, 0.15) is 24.5 Å². The van der Waals surface area contributed by atoms with Crippen LogP contribution in [-0.4, -0.2) is 47.2 Å². The van der Waals surface area contributed by atoms with Crippen LogP contribution in [0, 0.1) is 11.3 Å². The number of rotatable bonds is 6. The molecule has 2 N–H and O–H groups in total. The normalized spacial score (nSPS) is 21.7. The molecule has 2 atom stereocenters. The van der Waals surface area contributed by atoms with Crippen LogP contribution in [0.5, 0.6) is 0 Å². The first-order chi connectivity index (χ1) is 17.3. The van der Waals surface area contributed by atoms with Crippen LogP contribution in [0.15, 0.2) is 78.9 Å². The number of halogens is 1. The van der Waals surface area contributed by atoms with Gasteiger partial charge in [-0.05, 0) is 59.7 Å². The number of hydrogen-bond acceptors (Lipinski definition) is 3. The molecule has 2 aliphatic heterocycles. The fourth-order valence-corrected chi connectivity index (χ4v) is 5.32. The second-order valence-electron chi connectivity index (χ2n) is 9.76. The Kier molecular flexibility index (Phi) is 6.54. The van der Waals surface area contributed by atoms with Crippen molar-refractivity contribution in [2.75, 3.05) is 19.6 Å². The number of benzene rings is 3. The highest BCUT2D eigenvalue weighted by Gasteiger charge is 2.48. The van der Waals surface area contributed by atoms with Gasteiger partial charge in [0.15, 0.2) is 5.96 Å². The molecule has 5 rings (SSSR count). The number of amides is 2. The van der Waals surface area contributed by atoms with E-state index in [2.05, 4.69) is 5.32 Å². The van der Waals surface area contributed by atoms with Crippen LogP contribution in [-0.2, 0) is 21.5 Å². The number of guanidine groups is 1. The highest BCUT2D eigenvalue weighted by Crippen LogP contribution is 2.33. The van der Waals surface area contributed by atoms with E-state index in [1.165, 1.54) is 4.90 Å². The summed E-state index contributed by atoms with van der Waals surface area (Å²) in [5.41, 5.74) is 2.69. The monoisotopic (exact) mass is 500 g/mol. The van der Waals surface area contributed by atoms with Gasteiger partial charge in [0.2, 0.25) is 5.91 Å². The van der Waals surface area contributed by atoms with Gasteiger partial charge in [0.1, 0.15) is 5.54 Å². The third-order valence-electron chi connectivity index (χ3n) is 7.19. The number of likely N-dealkylation sites (tertiary alicyclic amines) is 1. The molecule has 184 valence electrons. The Bertz CT molecular complexity index is 1310. The summed E-state index contributed by atoms with van der Waals surface area (Å²) >= 11 is 6.18. The zero-order valence-corrected chi connectivity index (χ0v) is 21.0. The lowest BCUT2D eigenvalue weighted by Crippen LogP contribution is -2.41. The van der Waals surface area contributed by atoms with Crippen LogP contribution in [0.25, 0.3) is 11.1 Å². The minimum Gasteiger partial charge on any atom is -0.342 e. The molecule has 0 aliphatic carbocycles. The molecule has 3 aromatic rings. The largest absolute Gasteiger partial charge is 0.342 e. The molecular weight excluding hydrogens is 472 g/mol. The van der Waals surface area contributed by atoms with E-state index in [9.17, 15) is 9.59 Å². The van der Waals surface area contributed by atoms with Crippen LogP contribution >= 0.6 is 11.6 Å². The average Bonchev–Trinajstić information content (AvgIpc) is 3.44. The second-order valence-corrected chi connectivity index (χ2v) is 10.2. The van der Waals surface area contributed by atoms with Crippen LogP contribution < -0.4 is 5.32 Å². The van der Waals surface area contributed by atoms with Gasteiger partial charge < -0.3 is 10.2 Å². The summed E-state index contributed by atoms with van der Waals surface area (Å²) < 4.78 is 0. The molecule has 2 amide bonds. The van der Waals surface area contributed by atoms with Gasteiger partial charge in [0.25, 0.3) is 5.91 Å². The molecule has 2 saturated heterocycles. The molecule has 0 spiro atoms. The van der Waals surface area contributed by atoms with E-state index >= 15 is 0 Å². The fourth-order valence-electron chi connectivity index (χ4n) is 5.13. The zero-order valence-electron chi connectivity index (χ0n) is 20.2. The Morgan fingerprint density at radius 3 is 2.53 bits per heavy atom. The molecule has 3 aromatic carbocycles. The van der Waals surface area contributed by atoms with Crippen molar-refractivity contribution in [2.45, 2.75) is 25.3 Å². The van der Waals surface area contributed by atoms with E-state index in [1.807, 2.05) is 90.7 Å². The van der Waals surface area contributed by atoms with Crippen molar-refractivity contribution < 1.29 is 9.59 Å². The van der Waals surface area contributed by atoms with Gasteiger partial charge in [0, 0.05) is 24.7 Å². The quantitative estimate of drug-likeness (QED) is 0.516. The predicted octanol–water partition coefficient (Wildman–Crippen LogP) is 4.68. The lowest BCUT2D eigenvalue weighted by molar-refractivity contribution is -0.131. The van der Waals surface area contributed by atoms with Crippen molar-refractivity contribution >= 4 is 29.4 Å². The number of nitrogens with one attached hydrogen (secondary N) is 2. The molecule has 2 heterocycles. The number of hydrogen-bond donors (Lipinski definition) is 2. The lowest BCUT2D eigenvalue weighted by Gasteiger charge is -2.24. The summed E-state index contributed by atoms with van der Waals surface area (Å²) in [6.07, 6.45) is 1.20. The molecule has 0 bridgehead atoms. The molecule has 2 aliphatic rings. The van der Waals surface area contributed by atoms with E-state index in [0.717, 1.165) is 28.7 Å². The summed E-state index contributed by atoms with van der Waals surface area (Å²) in [6, 6.07) is 25.2. The molecule has 36 heavy (non-hydrogen) atoms. The maximum Gasteiger partial charge on any atom is 0.259 e. The third-order valence-corrected chi connectivity index (χ3v) is 7.42. The molecule has 1 unspecified atom stereocenters. The third kappa shape index (κ3) is 4.73. The summed E-state index contributed by atoms with van der Waals surface area (Å²) in [5.74, 6) is 0.192. The van der Waals surface area contributed by atoms with Crippen molar-refractivity contribution in [3.05, 3.63) is 95.0 Å². The first-order valence-corrected chi connectivity index (χ1v) is 12.6. The van der Waals surface area contributed by atoms with E-state index < -0.39 is 5.54 Å². The lowest BCUT2D eigenvalue weighted by atomic mass is 9.89. The Balaban J connectivity index is 1.27. The SMILES string of the molecule is CC1(c2cccc(-c3cccc(Cl)c3)c2)NC(=N)N(C[C@@H]2CCN(C(=O)Cc3ccccc3)C2)C1=O. The smallest absolute Gasteiger partial charge is 0.259 e. The second kappa shape index (κ2) is 9.78. The van der Waals surface area contributed by atoms with E-state index in [-0.39, 0.29) is 23.7 Å². The minimum absolute atomic E-state index is 0.102. The molecule has 0 radical (unpaired) electrons. The first-order valence-electron chi connectivity index (χ1n) is 12.2. The van der Waals surface area contributed by atoms with E-state index in [4.69, 9.17) is 17.0 Å². The van der Waals surface area contributed by atoms with Crippen molar-refractivity contribution in [1.82, 2.24) is 15.1 Å². The first kappa shape index (κ1) is 24.1. The van der Waals surface area contributed by atoms with Crippen molar-refractivity contribution in [3.8, 4) is 11.1 Å². The molecule has 7 heteroatoms. The van der Waals surface area contributed by atoms with Crippen LogP contribution in [0.2, 0.25) is 5.02 Å². The van der Waals surface area contributed by atoms with Gasteiger partial charge in [-0.3, -0.25) is 19.9 Å². The van der Waals surface area contributed by atoms with Crippen molar-refractivity contribution in [1.29, 1.82) is 5.41 Å². The maximum absolute atomic E-state index is 13.6. The van der Waals surface area contributed by atoms with Crippen LogP contribution in [0.4, 0.5) is 0 Å². The Morgan fingerprint density at radius 1 is 1.06 bits per heavy atom. The Morgan fingerprint density at radius 2 is 1.78 bits per heavy atom. The molecule has 0 aromatic heterocycles. The van der Waals surface area contributed by atoms with Gasteiger partial charge >= 0.3 is 0 Å².